The number of hydrogen-bond acceptors (Lipinski definition) is 4. The van der Waals surface area contributed by atoms with Gasteiger partial charge in [-0.15, -0.1) is 0 Å². The second-order valence-corrected chi connectivity index (χ2v) is 6.91. The van der Waals surface area contributed by atoms with E-state index in [2.05, 4.69) is 43.2 Å². The molecule has 1 aliphatic rings. The lowest BCUT2D eigenvalue weighted by Gasteiger charge is -2.15. The molecule has 116 valence electrons. The summed E-state index contributed by atoms with van der Waals surface area (Å²) in [4.78, 5) is 11.5. The molecule has 1 aliphatic heterocycles. The lowest BCUT2D eigenvalue weighted by atomic mass is 10.1. The Labute approximate surface area is 145 Å². The van der Waals surface area contributed by atoms with E-state index < -0.39 is 0 Å². The molecule has 1 fully saturated rings. The molecule has 0 bridgehead atoms. The van der Waals surface area contributed by atoms with Crippen LogP contribution in [0.2, 0.25) is 0 Å². The predicted octanol–water partition coefficient (Wildman–Crippen LogP) is 3.65. The highest BCUT2D eigenvalue weighted by molar-refractivity contribution is 9.11. The largest absolute Gasteiger partial charge is 0.488 e. The fourth-order valence-electron chi connectivity index (χ4n) is 2.63. The van der Waals surface area contributed by atoms with Gasteiger partial charge in [0.2, 0.25) is 0 Å². The van der Waals surface area contributed by atoms with E-state index in [1.54, 1.807) is 0 Å². The van der Waals surface area contributed by atoms with E-state index in [9.17, 15) is 4.79 Å². The number of hydrogen-bond donors (Lipinski definition) is 1. The second kappa shape index (κ2) is 6.56. The van der Waals surface area contributed by atoms with Crippen LogP contribution in [0.1, 0.15) is 6.42 Å². The number of methoxy groups -OCH3 is 1. The van der Waals surface area contributed by atoms with Gasteiger partial charge in [-0.25, -0.2) is 0 Å². The Morgan fingerprint density at radius 3 is 2.86 bits per heavy atom. The van der Waals surface area contributed by atoms with Crippen LogP contribution in [0.15, 0.2) is 39.3 Å². The molecule has 1 saturated heterocycles. The lowest BCUT2D eigenvalue weighted by Crippen LogP contribution is -2.31. The van der Waals surface area contributed by atoms with Crippen molar-refractivity contribution in [2.24, 2.45) is 0 Å². The number of carbonyl (C=O) groups is 1. The Hall–Kier alpha value is -1.11. The van der Waals surface area contributed by atoms with Crippen molar-refractivity contribution in [2.45, 2.75) is 18.6 Å². The van der Waals surface area contributed by atoms with Crippen molar-refractivity contribution in [3.05, 3.63) is 39.3 Å². The standard InChI is InChI=1S/C16H15Br2NO3/c1-21-16(20)13-7-11(8-19-13)22-14-5-2-9-6-10(17)3-4-12(9)15(14)18/h2-6,11,13,19H,7-8H2,1H3/t11-,13+/m1/s1. The van der Waals surface area contributed by atoms with Crippen LogP contribution in [0.5, 0.6) is 5.75 Å². The van der Waals surface area contributed by atoms with Gasteiger partial charge in [0.1, 0.15) is 17.9 Å². The van der Waals surface area contributed by atoms with E-state index in [-0.39, 0.29) is 18.1 Å². The van der Waals surface area contributed by atoms with Crippen LogP contribution < -0.4 is 10.1 Å². The summed E-state index contributed by atoms with van der Waals surface area (Å²) < 4.78 is 12.8. The van der Waals surface area contributed by atoms with Gasteiger partial charge < -0.3 is 14.8 Å². The summed E-state index contributed by atoms with van der Waals surface area (Å²) in [5.74, 6) is 0.542. The maximum atomic E-state index is 11.5. The highest BCUT2D eigenvalue weighted by Crippen LogP contribution is 2.35. The molecule has 22 heavy (non-hydrogen) atoms. The van der Waals surface area contributed by atoms with Gasteiger partial charge in [0.15, 0.2) is 0 Å². The Kier molecular flexibility index (Phi) is 4.70. The zero-order valence-electron chi connectivity index (χ0n) is 11.9. The van der Waals surface area contributed by atoms with E-state index in [0.29, 0.717) is 13.0 Å². The molecular weight excluding hydrogens is 414 g/mol. The molecule has 2 aromatic carbocycles. The van der Waals surface area contributed by atoms with Crippen molar-refractivity contribution in [1.82, 2.24) is 5.32 Å². The van der Waals surface area contributed by atoms with Crippen LogP contribution in [-0.4, -0.2) is 31.8 Å². The first kappa shape index (κ1) is 15.8. The summed E-state index contributed by atoms with van der Waals surface area (Å²) in [6.45, 7) is 0.630. The minimum absolute atomic E-state index is 0.0479. The number of nitrogens with one attached hydrogen (secondary N) is 1. The van der Waals surface area contributed by atoms with Gasteiger partial charge in [0, 0.05) is 17.4 Å². The number of rotatable bonds is 3. The summed E-state index contributed by atoms with van der Waals surface area (Å²) >= 11 is 7.09. The summed E-state index contributed by atoms with van der Waals surface area (Å²) in [6.07, 6.45) is 0.561. The number of carbonyl (C=O) groups excluding carboxylic acids is 1. The van der Waals surface area contributed by atoms with Crippen LogP contribution in [-0.2, 0) is 9.53 Å². The zero-order chi connectivity index (χ0) is 15.7. The molecule has 0 amide bonds. The molecule has 2 aromatic rings. The first-order valence-electron chi connectivity index (χ1n) is 6.94. The van der Waals surface area contributed by atoms with Crippen molar-refractivity contribution in [3.8, 4) is 5.75 Å². The third-order valence-electron chi connectivity index (χ3n) is 3.75. The molecule has 0 unspecified atom stereocenters. The quantitative estimate of drug-likeness (QED) is 0.758. The van der Waals surface area contributed by atoms with Crippen LogP contribution in [0, 0.1) is 0 Å². The van der Waals surface area contributed by atoms with Crippen LogP contribution in [0.25, 0.3) is 10.8 Å². The number of halogens is 2. The molecule has 0 saturated carbocycles. The third kappa shape index (κ3) is 3.14. The van der Waals surface area contributed by atoms with E-state index in [4.69, 9.17) is 9.47 Å². The number of fused-ring (bicyclic) bond motifs is 1. The average molecular weight is 429 g/mol. The topological polar surface area (TPSA) is 47.6 Å². The third-order valence-corrected chi connectivity index (χ3v) is 5.06. The maximum Gasteiger partial charge on any atom is 0.323 e. The van der Waals surface area contributed by atoms with Crippen LogP contribution >= 0.6 is 31.9 Å². The van der Waals surface area contributed by atoms with E-state index in [1.807, 2.05) is 24.3 Å². The number of esters is 1. The average Bonchev–Trinajstić information content (AvgIpc) is 2.98. The molecule has 4 nitrogen and oxygen atoms in total. The van der Waals surface area contributed by atoms with Crippen molar-refractivity contribution in [3.63, 3.8) is 0 Å². The van der Waals surface area contributed by atoms with E-state index >= 15 is 0 Å². The first-order valence-corrected chi connectivity index (χ1v) is 8.52. The molecule has 3 rings (SSSR count). The predicted molar refractivity (Wildman–Crippen MR) is 92.2 cm³/mol. The molecule has 1 heterocycles. The minimum atomic E-state index is -0.287. The molecule has 1 N–H and O–H groups in total. The molecule has 6 heteroatoms. The Balaban J connectivity index is 1.79. The Bertz CT molecular complexity index is 720. The Morgan fingerprint density at radius 1 is 1.27 bits per heavy atom. The van der Waals surface area contributed by atoms with Crippen molar-refractivity contribution in [1.29, 1.82) is 0 Å². The SMILES string of the molecule is COC(=O)[C@@H]1C[C@@H](Oc2ccc3cc(Br)ccc3c2Br)CN1. The fraction of sp³-hybridized carbons (Fsp3) is 0.312. The molecule has 0 aromatic heterocycles. The lowest BCUT2D eigenvalue weighted by molar-refractivity contribution is -0.142. The normalized spacial score (nSPS) is 21.0. The van der Waals surface area contributed by atoms with Crippen molar-refractivity contribution >= 4 is 48.6 Å². The van der Waals surface area contributed by atoms with Crippen molar-refractivity contribution < 1.29 is 14.3 Å². The van der Waals surface area contributed by atoms with Gasteiger partial charge in [-0.05, 0) is 44.9 Å². The van der Waals surface area contributed by atoms with Gasteiger partial charge in [-0.2, -0.15) is 0 Å². The van der Waals surface area contributed by atoms with Gasteiger partial charge in [0.05, 0.1) is 11.6 Å². The summed E-state index contributed by atoms with van der Waals surface area (Å²) in [5.41, 5.74) is 0. The number of benzene rings is 2. The zero-order valence-corrected chi connectivity index (χ0v) is 15.1. The highest BCUT2D eigenvalue weighted by Gasteiger charge is 2.31. The Morgan fingerprint density at radius 2 is 2.09 bits per heavy atom. The summed E-state index contributed by atoms with van der Waals surface area (Å²) in [5, 5.41) is 5.34. The molecular formula is C16H15Br2NO3. The smallest absolute Gasteiger partial charge is 0.323 e. The maximum absolute atomic E-state index is 11.5. The fourth-order valence-corrected chi connectivity index (χ4v) is 3.59. The van der Waals surface area contributed by atoms with Gasteiger partial charge in [0.25, 0.3) is 0 Å². The van der Waals surface area contributed by atoms with Gasteiger partial charge in [-0.3, -0.25) is 4.79 Å². The molecule has 0 aliphatic carbocycles. The molecule has 0 spiro atoms. The molecule has 2 atom stereocenters. The van der Waals surface area contributed by atoms with Crippen LogP contribution in [0.4, 0.5) is 0 Å². The van der Waals surface area contributed by atoms with Gasteiger partial charge in [-0.1, -0.05) is 28.1 Å². The minimum Gasteiger partial charge on any atom is -0.488 e. The highest BCUT2D eigenvalue weighted by atomic mass is 79.9. The summed E-state index contributed by atoms with van der Waals surface area (Å²) in [7, 11) is 1.40. The monoisotopic (exact) mass is 427 g/mol. The van der Waals surface area contributed by atoms with Crippen LogP contribution in [0.3, 0.4) is 0 Å². The van der Waals surface area contributed by atoms with Crippen molar-refractivity contribution in [2.75, 3.05) is 13.7 Å². The van der Waals surface area contributed by atoms with E-state index in [0.717, 1.165) is 25.5 Å². The first-order chi connectivity index (χ1) is 10.6. The van der Waals surface area contributed by atoms with E-state index in [1.165, 1.54) is 7.11 Å². The number of ether oxygens (including phenoxy) is 2. The summed E-state index contributed by atoms with van der Waals surface area (Å²) in [6, 6.07) is 9.80. The molecule has 0 radical (unpaired) electrons. The second-order valence-electron chi connectivity index (χ2n) is 5.20. The van der Waals surface area contributed by atoms with Gasteiger partial charge >= 0.3 is 5.97 Å².